The molecule has 0 heterocycles. The molecule has 43 heavy (non-hydrogen) atoms. The molecule has 3 aromatic carbocycles. The Hall–Kier alpha value is -3.94. The first-order valence-electron chi connectivity index (χ1n) is 12.7. The van der Waals surface area contributed by atoms with Crippen LogP contribution in [-0.4, -0.2) is 36.8 Å². The van der Waals surface area contributed by atoms with Crippen molar-refractivity contribution in [3.05, 3.63) is 95.1 Å². The molecular formula is C29H27F9N2O3. The fraction of sp³-hybridized carbons (Fsp3) is 0.345. The summed E-state index contributed by atoms with van der Waals surface area (Å²) in [5, 5.41) is 2.40. The molecule has 0 aliphatic heterocycles. The maximum Gasteiger partial charge on any atom is 0.461 e. The summed E-state index contributed by atoms with van der Waals surface area (Å²) in [7, 11) is 0. The minimum absolute atomic E-state index is 0.0838. The molecule has 0 saturated carbocycles. The molecule has 0 bridgehead atoms. The van der Waals surface area contributed by atoms with E-state index in [0.717, 1.165) is 30.3 Å². The highest BCUT2D eigenvalue weighted by atomic mass is 19.4. The summed E-state index contributed by atoms with van der Waals surface area (Å²) in [6.07, 6.45) is -16.6. The monoisotopic (exact) mass is 622 g/mol. The summed E-state index contributed by atoms with van der Waals surface area (Å²) in [5.41, 5.74) is 2.92. The molecule has 0 spiro atoms. The highest BCUT2D eigenvalue weighted by Gasteiger charge is 2.45. The van der Waals surface area contributed by atoms with Crippen LogP contribution in [0, 0.1) is 11.6 Å². The molecule has 2 unspecified atom stereocenters. The molecule has 0 saturated heterocycles. The van der Waals surface area contributed by atoms with Crippen LogP contribution in [-0.2, 0) is 16.8 Å². The number of carbonyl (C=O) groups is 1. The van der Waals surface area contributed by atoms with Gasteiger partial charge in [0.1, 0.15) is 17.6 Å². The van der Waals surface area contributed by atoms with Gasteiger partial charge in [-0.1, -0.05) is 36.4 Å². The number of nitrogens with two attached hydrogens (primary N) is 1. The van der Waals surface area contributed by atoms with Gasteiger partial charge in [0.25, 0.3) is 0 Å². The summed E-state index contributed by atoms with van der Waals surface area (Å²) in [6, 6.07) is 10.2. The van der Waals surface area contributed by atoms with Crippen molar-refractivity contribution in [3.63, 3.8) is 0 Å². The van der Waals surface area contributed by atoms with Crippen molar-refractivity contribution < 1.29 is 53.8 Å². The van der Waals surface area contributed by atoms with E-state index in [1.165, 1.54) is 0 Å². The number of hydrogen-bond donors (Lipinski definition) is 2. The van der Waals surface area contributed by atoms with Gasteiger partial charge in [0.15, 0.2) is 11.6 Å². The Morgan fingerprint density at radius 1 is 0.907 bits per heavy atom. The third kappa shape index (κ3) is 8.55. The van der Waals surface area contributed by atoms with Crippen LogP contribution in [0.2, 0.25) is 0 Å². The molecule has 234 valence electrons. The fourth-order valence-corrected chi connectivity index (χ4v) is 4.25. The molecular weight excluding hydrogens is 595 g/mol. The Morgan fingerprint density at radius 3 is 2.14 bits per heavy atom. The second kappa shape index (κ2) is 13.1. The highest BCUT2D eigenvalue weighted by Crippen LogP contribution is 2.39. The minimum atomic E-state index is -5.05. The predicted octanol–water partition coefficient (Wildman–Crippen LogP) is 6.87. The molecule has 14 heteroatoms. The maximum absolute atomic E-state index is 14.9. The van der Waals surface area contributed by atoms with Crippen LogP contribution < -0.4 is 20.5 Å². The van der Waals surface area contributed by atoms with Gasteiger partial charge in [0.2, 0.25) is 5.91 Å². The van der Waals surface area contributed by atoms with Gasteiger partial charge in [-0.15, -0.1) is 0 Å². The number of halogens is 9. The quantitative estimate of drug-likeness (QED) is 0.216. The normalized spacial score (nSPS) is 14.4. The van der Waals surface area contributed by atoms with Crippen molar-refractivity contribution in [3.8, 4) is 11.5 Å². The number of carbonyl (C=O) groups excluding carboxylic acids is 1. The zero-order valence-corrected chi connectivity index (χ0v) is 22.7. The molecule has 5 nitrogen and oxygen atoms in total. The third-order valence-electron chi connectivity index (χ3n) is 6.15. The van der Waals surface area contributed by atoms with E-state index in [4.69, 9.17) is 10.5 Å². The first-order chi connectivity index (χ1) is 19.9. The Labute approximate surface area is 240 Å². The molecule has 0 radical (unpaired) electrons. The molecule has 0 aliphatic carbocycles. The van der Waals surface area contributed by atoms with E-state index in [0.29, 0.717) is 11.6 Å². The number of ether oxygens (including phenoxy) is 2. The van der Waals surface area contributed by atoms with Crippen LogP contribution in [0.5, 0.6) is 11.5 Å². The number of alkyl halides is 7. The van der Waals surface area contributed by atoms with Gasteiger partial charge < -0.3 is 20.5 Å². The van der Waals surface area contributed by atoms with E-state index in [-0.39, 0.29) is 17.7 Å². The van der Waals surface area contributed by atoms with Gasteiger partial charge >= 0.3 is 18.7 Å². The van der Waals surface area contributed by atoms with Crippen molar-refractivity contribution in [2.45, 2.75) is 63.1 Å². The SMILES string of the molecule is CC(C)Oc1cc(C(Cc2ccccc2)(NC(=O)CC(N)C(F)(F)F)c2cc(F)cc(OC(F)(F)C(F)F)c2)ccc1F. The van der Waals surface area contributed by atoms with E-state index in [2.05, 4.69) is 10.1 Å². The Kier molecular flexibility index (Phi) is 10.3. The molecule has 0 aromatic heterocycles. The molecule has 3 aromatic rings. The van der Waals surface area contributed by atoms with Gasteiger partial charge in [-0.25, -0.2) is 8.78 Å². The summed E-state index contributed by atoms with van der Waals surface area (Å²) in [4.78, 5) is 13.1. The fourth-order valence-electron chi connectivity index (χ4n) is 4.25. The lowest BCUT2D eigenvalue weighted by molar-refractivity contribution is -0.253. The van der Waals surface area contributed by atoms with Gasteiger partial charge in [0.05, 0.1) is 18.1 Å². The minimum Gasteiger partial charge on any atom is -0.488 e. The smallest absolute Gasteiger partial charge is 0.461 e. The lowest BCUT2D eigenvalue weighted by Gasteiger charge is -2.37. The van der Waals surface area contributed by atoms with Gasteiger partial charge in [-0.3, -0.25) is 4.79 Å². The summed E-state index contributed by atoms with van der Waals surface area (Å²) in [6.45, 7) is 3.14. The lowest BCUT2D eigenvalue weighted by Crippen LogP contribution is -2.51. The number of benzene rings is 3. The second-order valence-corrected chi connectivity index (χ2v) is 9.92. The van der Waals surface area contributed by atoms with Crippen molar-refractivity contribution in [1.29, 1.82) is 0 Å². The van der Waals surface area contributed by atoms with E-state index in [1.54, 1.807) is 44.2 Å². The topological polar surface area (TPSA) is 73.6 Å². The number of hydrogen-bond acceptors (Lipinski definition) is 4. The average molecular weight is 623 g/mol. The first kappa shape index (κ1) is 33.6. The maximum atomic E-state index is 14.9. The second-order valence-electron chi connectivity index (χ2n) is 9.92. The zero-order chi connectivity index (χ0) is 32.2. The van der Waals surface area contributed by atoms with Gasteiger partial charge in [-0.2, -0.15) is 30.7 Å². The van der Waals surface area contributed by atoms with Gasteiger partial charge in [0, 0.05) is 12.5 Å². The molecule has 3 rings (SSSR count). The van der Waals surface area contributed by atoms with E-state index >= 15 is 0 Å². The van der Waals surface area contributed by atoms with Crippen LogP contribution in [0.4, 0.5) is 39.5 Å². The highest BCUT2D eigenvalue weighted by molar-refractivity contribution is 5.79. The lowest BCUT2D eigenvalue weighted by atomic mass is 9.77. The van der Waals surface area contributed by atoms with E-state index in [9.17, 15) is 44.3 Å². The predicted molar refractivity (Wildman–Crippen MR) is 138 cm³/mol. The van der Waals surface area contributed by atoms with Crippen molar-refractivity contribution in [2.75, 3.05) is 0 Å². The van der Waals surface area contributed by atoms with Crippen molar-refractivity contribution >= 4 is 5.91 Å². The zero-order valence-electron chi connectivity index (χ0n) is 22.7. The first-order valence-corrected chi connectivity index (χ1v) is 12.7. The van der Waals surface area contributed by atoms with Gasteiger partial charge in [-0.05, 0) is 54.8 Å². The Bertz CT molecular complexity index is 1400. The summed E-state index contributed by atoms with van der Waals surface area (Å²) < 4.78 is 132. The van der Waals surface area contributed by atoms with Crippen LogP contribution in [0.25, 0.3) is 0 Å². The molecule has 0 aliphatic rings. The number of nitrogens with one attached hydrogen (secondary N) is 1. The van der Waals surface area contributed by atoms with E-state index < -0.39 is 71.7 Å². The van der Waals surface area contributed by atoms with Crippen molar-refractivity contribution in [1.82, 2.24) is 5.32 Å². The molecule has 2 atom stereocenters. The Balaban J connectivity index is 2.32. The van der Waals surface area contributed by atoms with E-state index in [1.807, 2.05) is 0 Å². The van der Waals surface area contributed by atoms with Crippen LogP contribution in [0.3, 0.4) is 0 Å². The molecule has 1 amide bonds. The average Bonchev–Trinajstić information content (AvgIpc) is 2.88. The Morgan fingerprint density at radius 2 is 1.56 bits per heavy atom. The summed E-state index contributed by atoms with van der Waals surface area (Å²) >= 11 is 0. The number of amides is 1. The van der Waals surface area contributed by atoms with Crippen molar-refractivity contribution in [2.24, 2.45) is 5.73 Å². The third-order valence-corrected chi connectivity index (χ3v) is 6.15. The molecule has 3 N–H and O–H groups in total. The molecule has 0 fully saturated rings. The van der Waals surface area contributed by atoms with Crippen LogP contribution in [0.1, 0.15) is 37.0 Å². The van der Waals surface area contributed by atoms with Crippen LogP contribution >= 0.6 is 0 Å². The number of rotatable bonds is 12. The standard InChI is InChI=1S/C29H27F9N2O3/c1-16(2)42-23-12-18(8-9-22(23)31)27(15-17-6-4-3-5-7-17,40-25(41)14-24(39)28(34,35)36)19-10-20(30)13-21(11-19)43-29(37,38)26(32)33/h3-13,16,24,26H,14-15,39H2,1-2H3,(H,40,41). The largest absolute Gasteiger partial charge is 0.488 e. The van der Waals surface area contributed by atoms with Crippen LogP contribution in [0.15, 0.2) is 66.7 Å². The summed E-state index contributed by atoms with van der Waals surface area (Å²) in [5.74, 6) is -4.89.